The zero-order valence-corrected chi connectivity index (χ0v) is 11.6. The summed E-state index contributed by atoms with van der Waals surface area (Å²) in [6.07, 6.45) is 0.375. The molecule has 0 aliphatic heterocycles. The lowest BCUT2D eigenvalue weighted by molar-refractivity contribution is 0.0794. The van der Waals surface area contributed by atoms with Crippen molar-refractivity contribution in [1.82, 2.24) is 10.3 Å². The van der Waals surface area contributed by atoms with Crippen LogP contribution in [0.25, 0.3) is 0 Å². The summed E-state index contributed by atoms with van der Waals surface area (Å²) in [6.45, 7) is 5.18. The van der Waals surface area contributed by atoms with Crippen LogP contribution in [0.1, 0.15) is 37.9 Å². The lowest BCUT2D eigenvalue weighted by Crippen LogP contribution is -2.15. The molecule has 1 aromatic rings. The summed E-state index contributed by atoms with van der Waals surface area (Å²) in [5, 5.41) is 3.28. The topological polar surface area (TPSA) is 34.2 Å². The lowest BCUT2D eigenvalue weighted by atomic mass is 10.1. The number of aryl methyl sites for hydroxylation is 1. The van der Waals surface area contributed by atoms with Crippen molar-refractivity contribution in [2.24, 2.45) is 0 Å². The zero-order valence-electron chi connectivity index (χ0n) is 11.6. The molecule has 1 rings (SSSR count). The van der Waals surface area contributed by atoms with Crippen LogP contribution in [0.3, 0.4) is 0 Å². The summed E-state index contributed by atoms with van der Waals surface area (Å²) in [5.41, 5.74) is 1.92. The summed E-state index contributed by atoms with van der Waals surface area (Å²) < 4.78 is 29.3. The lowest BCUT2D eigenvalue weighted by Gasteiger charge is -2.10. The fourth-order valence-corrected chi connectivity index (χ4v) is 1.74. The number of ether oxygens (including phenoxy) is 1. The number of halogens is 2. The van der Waals surface area contributed by atoms with Crippen molar-refractivity contribution in [3.63, 3.8) is 0 Å². The van der Waals surface area contributed by atoms with Gasteiger partial charge in [0.25, 0.3) is 6.43 Å². The Bertz CT molecular complexity index is 372. The molecule has 108 valence electrons. The molecule has 0 aliphatic rings. The van der Waals surface area contributed by atoms with E-state index >= 15 is 0 Å². The Hall–Kier alpha value is -1.23. The second-order valence-electron chi connectivity index (χ2n) is 4.43. The van der Waals surface area contributed by atoms with Gasteiger partial charge in [0.1, 0.15) is 0 Å². The van der Waals surface area contributed by atoms with Gasteiger partial charge in [0.2, 0.25) is 5.88 Å². The van der Waals surface area contributed by atoms with Crippen molar-refractivity contribution in [3.05, 3.63) is 23.4 Å². The SMILES string of the molecule is CCCNCc1cc(CCC)nc(OCC(F)F)c1. The molecule has 0 aromatic carbocycles. The molecule has 1 heterocycles. The highest BCUT2D eigenvalue weighted by atomic mass is 19.3. The first-order valence-corrected chi connectivity index (χ1v) is 6.77. The van der Waals surface area contributed by atoms with Gasteiger partial charge in [-0.25, -0.2) is 13.8 Å². The van der Waals surface area contributed by atoms with Gasteiger partial charge in [-0.05, 0) is 31.0 Å². The average Bonchev–Trinajstić information content (AvgIpc) is 2.37. The molecule has 0 saturated heterocycles. The maximum atomic E-state index is 12.2. The molecule has 0 unspecified atom stereocenters. The Kier molecular flexibility index (Phi) is 7.33. The molecule has 0 bridgehead atoms. The van der Waals surface area contributed by atoms with E-state index in [9.17, 15) is 8.78 Å². The smallest absolute Gasteiger partial charge is 0.272 e. The summed E-state index contributed by atoms with van der Waals surface area (Å²) in [4.78, 5) is 4.24. The second kappa shape index (κ2) is 8.80. The van der Waals surface area contributed by atoms with Crippen molar-refractivity contribution in [2.75, 3.05) is 13.2 Å². The van der Waals surface area contributed by atoms with Crippen LogP contribution in [0.15, 0.2) is 12.1 Å². The minimum absolute atomic E-state index is 0.291. The van der Waals surface area contributed by atoms with Crippen LogP contribution >= 0.6 is 0 Å². The Morgan fingerprint density at radius 2 is 2.05 bits per heavy atom. The first-order chi connectivity index (χ1) is 9.15. The van der Waals surface area contributed by atoms with Gasteiger partial charge in [-0.2, -0.15) is 0 Å². The quantitative estimate of drug-likeness (QED) is 0.701. The van der Waals surface area contributed by atoms with Crippen molar-refractivity contribution < 1.29 is 13.5 Å². The molecule has 0 fully saturated rings. The number of hydrogen-bond donors (Lipinski definition) is 1. The predicted octanol–water partition coefficient (Wildman–Crippen LogP) is 3.18. The Morgan fingerprint density at radius 1 is 1.26 bits per heavy atom. The molecular formula is C14H22F2N2O. The summed E-state index contributed by atoms with van der Waals surface area (Å²) in [7, 11) is 0. The van der Waals surface area contributed by atoms with Gasteiger partial charge in [0.05, 0.1) is 0 Å². The number of nitrogens with zero attached hydrogens (tertiary/aromatic N) is 1. The number of hydrogen-bond acceptors (Lipinski definition) is 3. The van der Waals surface area contributed by atoms with Crippen LogP contribution in [-0.4, -0.2) is 24.6 Å². The number of rotatable bonds is 9. The van der Waals surface area contributed by atoms with E-state index in [0.717, 1.165) is 37.1 Å². The minimum Gasteiger partial charge on any atom is -0.472 e. The molecular weight excluding hydrogens is 250 g/mol. The van der Waals surface area contributed by atoms with Crippen LogP contribution < -0.4 is 10.1 Å². The van der Waals surface area contributed by atoms with E-state index in [2.05, 4.69) is 24.1 Å². The van der Waals surface area contributed by atoms with Crippen LogP contribution in [-0.2, 0) is 13.0 Å². The normalized spacial score (nSPS) is 11.0. The fourth-order valence-electron chi connectivity index (χ4n) is 1.74. The van der Waals surface area contributed by atoms with Crippen LogP contribution in [0.2, 0.25) is 0 Å². The number of aromatic nitrogens is 1. The van der Waals surface area contributed by atoms with Crippen molar-refractivity contribution in [1.29, 1.82) is 0 Å². The van der Waals surface area contributed by atoms with E-state index in [4.69, 9.17) is 4.74 Å². The maximum Gasteiger partial charge on any atom is 0.272 e. The summed E-state index contributed by atoms with van der Waals surface area (Å²) in [5.74, 6) is 0.291. The third kappa shape index (κ3) is 6.47. The molecule has 1 N–H and O–H groups in total. The van der Waals surface area contributed by atoms with Gasteiger partial charge in [-0.1, -0.05) is 20.3 Å². The standard InChI is InChI=1S/C14H22F2N2O/c1-3-5-12-7-11(9-17-6-4-2)8-14(18-12)19-10-13(15)16/h7-8,13,17H,3-6,9-10H2,1-2H3. The summed E-state index contributed by atoms with van der Waals surface area (Å²) in [6, 6.07) is 3.73. The predicted molar refractivity (Wildman–Crippen MR) is 71.7 cm³/mol. The molecule has 0 aliphatic carbocycles. The third-order valence-corrected chi connectivity index (χ3v) is 2.53. The van der Waals surface area contributed by atoms with Gasteiger partial charge in [0, 0.05) is 18.3 Å². The number of alkyl halides is 2. The maximum absolute atomic E-state index is 12.2. The van der Waals surface area contributed by atoms with Crippen LogP contribution in [0.4, 0.5) is 8.78 Å². The van der Waals surface area contributed by atoms with Gasteiger partial charge in [-0.15, -0.1) is 0 Å². The average molecular weight is 272 g/mol. The number of nitrogens with one attached hydrogen (secondary N) is 1. The zero-order chi connectivity index (χ0) is 14.1. The molecule has 0 amide bonds. The number of pyridine rings is 1. The highest BCUT2D eigenvalue weighted by Crippen LogP contribution is 2.15. The van der Waals surface area contributed by atoms with E-state index in [-0.39, 0.29) is 0 Å². The van der Waals surface area contributed by atoms with E-state index in [1.807, 2.05) is 6.07 Å². The van der Waals surface area contributed by atoms with Crippen molar-refractivity contribution >= 4 is 0 Å². The molecule has 0 saturated carbocycles. The molecule has 19 heavy (non-hydrogen) atoms. The van der Waals surface area contributed by atoms with Gasteiger partial charge in [0.15, 0.2) is 6.61 Å². The van der Waals surface area contributed by atoms with Crippen molar-refractivity contribution in [2.45, 2.75) is 46.1 Å². The fraction of sp³-hybridized carbons (Fsp3) is 0.643. The Balaban J connectivity index is 2.71. The van der Waals surface area contributed by atoms with E-state index < -0.39 is 13.0 Å². The molecule has 5 heteroatoms. The first kappa shape index (κ1) is 15.8. The Labute approximate surface area is 113 Å². The molecule has 0 atom stereocenters. The largest absolute Gasteiger partial charge is 0.472 e. The van der Waals surface area contributed by atoms with Gasteiger partial charge < -0.3 is 10.1 Å². The van der Waals surface area contributed by atoms with E-state index in [1.165, 1.54) is 0 Å². The van der Waals surface area contributed by atoms with E-state index in [1.54, 1.807) is 6.07 Å². The van der Waals surface area contributed by atoms with Crippen LogP contribution in [0.5, 0.6) is 5.88 Å². The monoisotopic (exact) mass is 272 g/mol. The first-order valence-electron chi connectivity index (χ1n) is 6.77. The van der Waals surface area contributed by atoms with E-state index in [0.29, 0.717) is 12.4 Å². The third-order valence-electron chi connectivity index (χ3n) is 2.53. The minimum atomic E-state index is -2.47. The van der Waals surface area contributed by atoms with Gasteiger partial charge in [-0.3, -0.25) is 0 Å². The van der Waals surface area contributed by atoms with Gasteiger partial charge >= 0.3 is 0 Å². The van der Waals surface area contributed by atoms with Crippen molar-refractivity contribution in [3.8, 4) is 5.88 Å². The molecule has 3 nitrogen and oxygen atoms in total. The molecule has 0 spiro atoms. The van der Waals surface area contributed by atoms with Crippen LogP contribution in [0, 0.1) is 0 Å². The Morgan fingerprint density at radius 3 is 2.68 bits per heavy atom. The second-order valence-corrected chi connectivity index (χ2v) is 4.43. The molecule has 1 aromatic heterocycles. The highest BCUT2D eigenvalue weighted by Gasteiger charge is 2.07. The molecule has 0 radical (unpaired) electrons. The highest BCUT2D eigenvalue weighted by molar-refractivity contribution is 5.25. The summed E-state index contributed by atoms with van der Waals surface area (Å²) >= 11 is 0.